The Morgan fingerprint density at radius 1 is 0.846 bits per heavy atom. The predicted octanol–water partition coefficient (Wildman–Crippen LogP) is 3.08. The van der Waals surface area contributed by atoms with Crippen LogP contribution in [0.5, 0.6) is 0 Å². The molecular formula is C4HF7S2. The molecule has 0 unspecified atom stereocenters. The zero-order valence-electron chi connectivity index (χ0n) is 5.50. The fourth-order valence-electron chi connectivity index (χ4n) is 0.403. The summed E-state index contributed by atoms with van der Waals surface area (Å²) in [6.07, 6.45) is -12.3. The van der Waals surface area contributed by atoms with E-state index in [0.717, 1.165) is 0 Å². The van der Waals surface area contributed by atoms with Crippen molar-refractivity contribution >= 4 is 29.0 Å². The maximum absolute atomic E-state index is 12.5. The molecule has 0 saturated carbocycles. The first kappa shape index (κ1) is 12.9. The molecule has 0 fully saturated rings. The highest BCUT2D eigenvalue weighted by molar-refractivity contribution is 8.11. The molecule has 0 rings (SSSR count). The molecule has 13 heavy (non-hydrogen) atoms. The highest BCUT2D eigenvalue weighted by Crippen LogP contribution is 2.47. The van der Waals surface area contributed by atoms with Crippen molar-refractivity contribution in [2.24, 2.45) is 0 Å². The molecule has 0 nitrogen and oxygen atoms in total. The molecule has 0 atom stereocenters. The maximum Gasteiger partial charge on any atom is 0.437 e. The van der Waals surface area contributed by atoms with Crippen molar-refractivity contribution in [1.82, 2.24) is 0 Å². The minimum absolute atomic E-state index is 2.10. The largest absolute Gasteiger partial charge is 0.437 e. The van der Waals surface area contributed by atoms with E-state index >= 15 is 0 Å². The topological polar surface area (TPSA) is 0 Å². The van der Waals surface area contributed by atoms with Crippen molar-refractivity contribution in [3.8, 4) is 0 Å². The van der Waals surface area contributed by atoms with Crippen LogP contribution in [0.1, 0.15) is 0 Å². The molecule has 78 valence electrons. The lowest BCUT2D eigenvalue weighted by molar-refractivity contribution is -0.311. The van der Waals surface area contributed by atoms with Crippen molar-refractivity contribution in [2.45, 2.75) is 18.0 Å². The molecule has 0 bridgehead atoms. The van der Waals surface area contributed by atoms with Gasteiger partial charge in [-0.2, -0.15) is 26.3 Å². The number of alkyl halides is 7. The van der Waals surface area contributed by atoms with Gasteiger partial charge in [0.15, 0.2) is 0 Å². The Hall–Kier alpha value is -0.0500. The molecule has 0 aromatic carbocycles. The Morgan fingerprint density at radius 2 is 1.08 bits per heavy atom. The van der Waals surface area contributed by atoms with Gasteiger partial charge < -0.3 is 0 Å². The minimum Gasteiger partial charge on any atom is -0.217 e. The van der Waals surface area contributed by atoms with Crippen LogP contribution in [-0.4, -0.2) is 22.2 Å². The van der Waals surface area contributed by atoms with Crippen LogP contribution < -0.4 is 0 Å². The van der Waals surface area contributed by atoms with Crippen molar-refractivity contribution < 1.29 is 30.7 Å². The Balaban J connectivity index is 5.35. The molecule has 0 saturated heterocycles. The fraction of sp³-hybridized carbons (Fsp3) is 0.750. The fourth-order valence-corrected chi connectivity index (χ4v) is 0.888. The lowest BCUT2D eigenvalue weighted by Gasteiger charge is -2.28. The highest BCUT2D eigenvalue weighted by Gasteiger charge is 2.74. The van der Waals surface area contributed by atoms with E-state index in [4.69, 9.17) is 0 Å². The Kier molecular flexibility index (Phi) is 3.25. The van der Waals surface area contributed by atoms with Crippen LogP contribution in [0, 0.1) is 0 Å². The average Bonchev–Trinajstić information content (AvgIpc) is 1.80. The summed E-state index contributed by atoms with van der Waals surface area (Å²) in [6, 6.07) is 0. The van der Waals surface area contributed by atoms with Crippen LogP contribution in [-0.2, 0) is 0 Å². The summed E-state index contributed by atoms with van der Waals surface area (Å²) in [7, 11) is 0. The van der Waals surface area contributed by atoms with Crippen LogP contribution in [0.15, 0.2) is 0 Å². The van der Waals surface area contributed by atoms with E-state index < -0.39 is 22.2 Å². The van der Waals surface area contributed by atoms with Gasteiger partial charge in [0.2, 0.25) is 0 Å². The second-order valence-electron chi connectivity index (χ2n) is 1.96. The molecule has 9 heteroatoms. The third kappa shape index (κ3) is 2.06. The van der Waals surface area contributed by atoms with Crippen LogP contribution in [0.3, 0.4) is 0 Å². The van der Waals surface area contributed by atoms with E-state index in [1.165, 1.54) is 0 Å². The summed E-state index contributed by atoms with van der Waals surface area (Å²) < 4.78 is 80.1. The number of thiocarbonyl (C=S) groups is 1. The Morgan fingerprint density at radius 3 is 1.08 bits per heavy atom. The van der Waals surface area contributed by atoms with Crippen molar-refractivity contribution in [3.63, 3.8) is 0 Å². The minimum atomic E-state index is -6.15. The van der Waals surface area contributed by atoms with Gasteiger partial charge in [0.05, 0.1) is 0 Å². The maximum atomic E-state index is 12.5. The molecule has 0 amide bonds. The summed E-state index contributed by atoms with van der Waals surface area (Å²) >= 11 is 6.06. The summed E-state index contributed by atoms with van der Waals surface area (Å²) in [5.74, 6) is 0. The van der Waals surface area contributed by atoms with E-state index in [1.807, 2.05) is 0 Å². The monoisotopic (exact) mass is 246 g/mol. The van der Waals surface area contributed by atoms with E-state index in [-0.39, 0.29) is 0 Å². The predicted molar refractivity (Wildman–Crippen MR) is 37.5 cm³/mol. The van der Waals surface area contributed by atoms with Gasteiger partial charge in [-0.15, -0.1) is 12.6 Å². The molecular weight excluding hydrogens is 245 g/mol. The zero-order valence-corrected chi connectivity index (χ0v) is 7.21. The van der Waals surface area contributed by atoms with Gasteiger partial charge >= 0.3 is 18.0 Å². The highest BCUT2D eigenvalue weighted by atomic mass is 32.1. The standard InChI is InChI=1S/C4HF7S2/c5-2(1(12)13,3(6,7)8)4(9,10)11/h(H,12,13). The van der Waals surface area contributed by atoms with Crippen LogP contribution in [0.2, 0.25) is 0 Å². The molecule has 0 heterocycles. The molecule has 0 aliphatic heterocycles. The lowest BCUT2D eigenvalue weighted by atomic mass is 10.1. The number of halogens is 7. The molecule has 0 aliphatic carbocycles. The number of rotatable bonds is 1. The smallest absolute Gasteiger partial charge is 0.217 e. The quantitative estimate of drug-likeness (QED) is 0.421. The molecule has 0 aromatic rings. The lowest BCUT2D eigenvalue weighted by Crippen LogP contribution is -2.56. The van der Waals surface area contributed by atoms with Gasteiger partial charge in [-0.3, -0.25) is 0 Å². The summed E-state index contributed by atoms with van der Waals surface area (Å²) in [5.41, 5.74) is -5.53. The third-order valence-corrected chi connectivity index (χ3v) is 1.67. The van der Waals surface area contributed by atoms with E-state index in [1.54, 1.807) is 0 Å². The first-order valence-electron chi connectivity index (χ1n) is 2.50. The molecule has 0 N–H and O–H groups in total. The van der Waals surface area contributed by atoms with Crippen LogP contribution in [0.4, 0.5) is 30.7 Å². The van der Waals surface area contributed by atoms with Crippen LogP contribution >= 0.6 is 24.8 Å². The van der Waals surface area contributed by atoms with Crippen molar-refractivity contribution in [1.29, 1.82) is 0 Å². The average molecular weight is 246 g/mol. The Labute approximate surface area is 78.5 Å². The van der Waals surface area contributed by atoms with E-state index in [9.17, 15) is 30.7 Å². The van der Waals surface area contributed by atoms with Gasteiger partial charge in [-0.25, -0.2) is 4.39 Å². The van der Waals surface area contributed by atoms with Crippen molar-refractivity contribution in [2.75, 3.05) is 0 Å². The van der Waals surface area contributed by atoms with E-state index in [0.29, 0.717) is 0 Å². The molecule has 0 spiro atoms. The van der Waals surface area contributed by atoms with Gasteiger partial charge in [0.25, 0.3) is 0 Å². The second kappa shape index (κ2) is 3.26. The summed E-state index contributed by atoms with van der Waals surface area (Å²) in [4.78, 5) is 0. The number of thiol groups is 1. The number of hydrogen-bond donors (Lipinski definition) is 1. The number of hydrogen-bond acceptors (Lipinski definition) is 1. The molecule has 0 radical (unpaired) electrons. The molecule has 0 aromatic heterocycles. The van der Waals surface area contributed by atoms with Gasteiger partial charge in [0.1, 0.15) is 4.20 Å². The SMILES string of the molecule is FC(F)(F)C(F)(C(=S)S)C(F)(F)F. The van der Waals surface area contributed by atoms with Gasteiger partial charge in [0, 0.05) is 0 Å². The first-order chi connectivity index (χ1) is 5.44. The third-order valence-electron chi connectivity index (χ3n) is 1.08. The molecule has 0 aliphatic rings. The van der Waals surface area contributed by atoms with E-state index in [2.05, 4.69) is 24.8 Å². The second-order valence-corrected chi connectivity index (χ2v) is 3.12. The first-order valence-corrected chi connectivity index (χ1v) is 3.36. The normalized spacial score (nSPS) is 14.5. The van der Waals surface area contributed by atoms with Crippen molar-refractivity contribution in [3.05, 3.63) is 0 Å². The van der Waals surface area contributed by atoms with Gasteiger partial charge in [-0.05, 0) is 0 Å². The Bertz CT molecular complexity index is 200. The summed E-state index contributed by atoms with van der Waals surface area (Å²) in [5, 5.41) is 0. The summed E-state index contributed by atoms with van der Waals surface area (Å²) in [6.45, 7) is 0. The van der Waals surface area contributed by atoms with Crippen LogP contribution in [0.25, 0.3) is 0 Å². The zero-order chi connectivity index (χ0) is 11.1. The van der Waals surface area contributed by atoms with Gasteiger partial charge in [-0.1, -0.05) is 12.2 Å².